The number of methoxy groups -OCH3 is 1. The lowest BCUT2D eigenvalue weighted by Gasteiger charge is -2.19. The van der Waals surface area contributed by atoms with Gasteiger partial charge >= 0.3 is 0 Å². The summed E-state index contributed by atoms with van der Waals surface area (Å²) in [5.41, 5.74) is 3.04. The van der Waals surface area contributed by atoms with Gasteiger partial charge in [-0.2, -0.15) is 5.26 Å². The Bertz CT molecular complexity index is 436. The Morgan fingerprint density at radius 3 is 3.00 bits per heavy atom. The summed E-state index contributed by atoms with van der Waals surface area (Å²) in [4.78, 5) is 2.37. The molecule has 2 rings (SSSR count). The van der Waals surface area contributed by atoms with Crippen LogP contribution in [0, 0.1) is 24.2 Å². The Kier molecular flexibility index (Phi) is 3.65. The Morgan fingerprint density at radius 1 is 1.53 bits per heavy atom. The minimum absolute atomic E-state index is 0.635. The van der Waals surface area contributed by atoms with Crippen LogP contribution in [0.4, 0.5) is 5.69 Å². The van der Waals surface area contributed by atoms with Crippen LogP contribution >= 0.6 is 0 Å². The number of ether oxygens (including phenoxy) is 1. The molecule has 1 atom stereocenters. The number of hydrogen-bond donors (Lipinski definition) is 0. The van der Waals surface area contributed by atoms with Crippen molar-refractivity contribution in [3.8, 4) is 6.07 Å². The summed E-state index contributed by atoms with van der Waals surface area (Å²) < 4.78 is 5.20. The fraction of sp³-hybridized carbons (Fsp3) is 0.500. The molecule has 1 saturated heterocycles. The van der Waals surface area contributed by atoms with Crippen molar-refractivity contribution in [1.82, 2.24) is 0 Å². The number of hydrogen-bond acceptors (Lipinski definition) is 3. The molecule has 0 radical (unpaired) electrons. The van der Waals surface area contributed by atoms with E-state index in [1.807, 2.05) is 19.1 Å². The molecule has 1 fully saturated rings. The van der Waals surface area contributed by atoms with Gasteiger partial charge in [0.15, 0.2) is 0 Å². The van der Waals surface area contributed by atoms with Crippen LogP contribution in [0.3, 0.4) is 0 Å². The highest BCUT2D eigenvalue weighted by atomic mass is 16.5. The van der Waals surface area contributed by atoms with Crippen molar-refractivity contribution in [2.45, 2.75) is 13.3 Å². The Balaban J connectivity index is 2.09. The fourth-order valence-corrected chi connectivity index (χ4v) is 2.41. The number of aryl methyl sites for hydroxylation is 1. The Hall–Kier alpha value is -1.53. The van der Waals surface area contributed by atoms with Crippen LogP contribution in [-0.4, -0.2) is 26.8 Å². The van der Waals surface area contributed by atoms with Gasteiger partial charge in [-0.3, -0.25) is 0 Å². The largest absolute Gasteiger partial charge is 0.384 e. The average Bonchev–Trinajstić information content (AvgIpc) is 2.78. The smallest absolute Gasteiger partial charge is 0.0994 e. The summed E-state index contributed by atoms with van der Waals surface area (Å²) in [6.45, 7) is 4.97. The van der Waals surface area contributed by atoms with Crippen molar-refractivity contribution in [1.29, 1.82) is 5.26 Å². The summed E-state index contributed by atoms with van der Waals surface area (Å²) >= 11 is 0. The molecule has 1 aliphatic heterocycles. The molecule has 1 heterocycles. The second-order valence-corrected chi connectivity index (χ2v) is 4.67. The fourth-order valence-electron chi connectivity index (χ4n) is 2.41. The second-order valence-electron chi connectivity index (χ2n) is 4.67. The first-order chi connectivity index (χ1) is 8.24. The molecule has 90 valence electrons. The van der Waals surface area contributed by atoms with Crippen molar-refractivity contribution < 1.29 is 4.74 Å². The highest BCUT2D eigenvalue weighted by Gasteiger charge is 2.22. The van der Waals surface area contributed by atoms with Gasteiger partial charge in [0, 0.05) is 31.8 Å². The first kappa shape index (κ1) is 11.9. The van der Waals surface area contributed by atoms with Crippen LogP contribution < -0.4 is 4.90 Å². The maximum Gasteiger partial charge on any atom is 0.0994 e. The standard InChI is InChI=1S/C14H18N2O/c1-11-7-14(4-3-13(11)8-15)16-6-5-12(9-16)10-17-2/h3-4,7,12H,5-6,9-10H2,1-2H3. The van der Waals surface area contributed by atoms with Gasteiger partial charge in [0.2, 0.25) is 0 Å². The predicted octanol–water partition coefficient (Wildman–Crippen LogP) is 2.34. The SMILES string of the molecule is COCC1CCN(c2ccc(C#N)c(C)c2)C1. The predicted molar refractivity (Wildman–Crippen MR) is 68.1 cm³/mol. The maximum atomic E-state index is 8.91. The molecule has 1 aromatic carbocycles. The monoisotopic (exact) mass is 230 g/mol. The first-order valence-corrected chi connectivity index (χ1v) is 5.99. The number of rotatable bonds is 3. The third kappa shape index (κ3) is 2.59. The van der Waals surface area contributed by atoms with Crippen LogP contribution in [0.25, 0.3) is 0 Å². The van der Waals surface area contributed by atoms with Gasteiger partial charge < -0.3 is 9.64 Å². The van der Waals surface area contributed by atoms with E-state index in [1.165, 1.54) is 12.1 Å². The van der Waals surface area contributed by atoms with Gasteiger partial charge in [0.1, 0.15) is 0 Å². The van der Waals surface area contributed by atoms with E-state index in [0.29, 0.717) is 5.92 Å². The lowest BCUT2D eigenvalue weighted by atomic mass is 10.1. The zero-order chi connectivity index (χ0) is 12.3. The molecule has 1 unspecified atom stereocenters. The van der Waals surface area contributed by atoms with Gasteiger partial charge in [-0.15, -0.1) is 0 Å². The first-order valence-electron chi connectivity index (χ1n) is 5.99. The maximum absolute atomic E-state index is 8.91. The lowest BCUT2D eigenvalue weighted by molar-refractivity contribution is 0.161. The number of anilines is 1. The third-order valence-electron chi connectivity index (χ3n) is 3.38. The van der Waals surface area contributed by atoms with Crippen LogP contribution in [0.15, 0.2) is 18.2 Å². The molecular weight excluding hydrogens is 212 g/mol. The summed E-state index contributed by atoms with van der Waals surface area (Å²) in [5.74, 6) is 0.635. The molecule has 0 amide bonds. The van der Waals surface area contributed by atoms with Gasteiger partial charge in [0.05, 0.1) is 18.2 Å². The van der Waals surface area contributed by atoms with Gasteiger partial charge in [0.25, 0.3) is 0 Å². The molecule has 0 saturated carbocycles. The lowest BCUT2D eigenvalue weighted by Crippen LogP contribution is -2.21. The molecule has 1 aromatic rings. The summed E-state index contributed by atoms with van der Waals surface area (Å²) in [6.07, 6.45) is 1.19. The summed E-state index contributed by atoms with van der Waals surface area (Å²) in [6, 6.07) is 8.26. The van der Waals surface area contributed by atoms with E-state index >= 15 is 0 Å². The van der Waals surface area contributed by atoms with Gasteiger partial charge in [-0.25, -0.2) is 0 Å². The number of benzene rings is 1. The van der Waals surface area contributed by atoms with Crippen molar-refractivity contribution in [2.75, 3.05) is 31.7 Å². The Labute approximate surface area is 103 Å². The molecule has 0 aliphatic carbocycles. The molecular formula is C14H18N2O. The molecule has 0 spiro atoms. The van der Waals surface area contributed by atoms with Crippen LogP contribution in [0.5, 0.6) is 0 Å². The van der Waals surface area contributed by atoms with Crippen molar-refractivity contribution >= 4 is 5.69 Å². The van der Waals surface area contributed by atoms with E-state index in [2.05, 4.69) is 17.0 Å². The van der Waals surface area contributed by atoms with Crippen LogP contribution in [0.2, 0.25) is 0 Å². The topological polar surface area (TPSA) is 36.3 Å². The van der Waals surface area contributed by atoms with Crippen LogP contribution in [-0.2, 0) is 4.74 Å². The number of nitriles is 1. The summed E-state index contributed by atoms with van der Waals surface area (Å²) in [5, 5.41) is 8.91. The van der Waals surface area contributed by atoms with Crippen molar-refractivity contribution in [3.63, 3.8) is 0 Å². The molecule has 3 heteroatoms. The number of nitrogens with zero attached hydrogens (tertiary/aromatic N) is 2. The zero-order valence-corrected chi connectivity index (χ0v) is 10.4. The van der Waals surface area contributed by atoms with Gasteiger partial charge in [-0.05, 0) is 37.1 Å². The molecule has 0 N–H and O–H groups in total. The van der Waals surface area contributed by atoms with Crippen LogP contribution in [0.1, 0.15) is 17.5 Å². The normalized spacial score (nSPS) is 19.4. The molecule has 0 aromatic heterocycles. The Morgan fingerprint density at radius 2 is 2.35 bits per heavy atom. The van der Waals surface area contributed by atoms with Gasteiger partial charge in [-0.1, -0.05) is 0 Å². The zero-order valence-electron chi connectivity index (χ0n) is 10.4. The van der Waals surface area contributed by atoms with E-state index < -0.39 is 0 Å². The van der Waals surface area contributed by atoms with E-state index in [9.17, 15) is 0 Å². The quantitative estimate of drug-likeness (QED) is 0.799. The minimum atomic E-state index is 0.635. The van der Waals surface area contributed by atoms with E-state index in [1.54, 1.807) is 7.11 Å². The van der Waals surface area contributed by atoms with E-state index in [0.717, 1.165) is 30.8 Å². The van der Waals surface area contributed by atoms with Crippen molar-refractivity contribution in [2.24, 2.45) is 5.92 Å². The van der Waals surface area contributed by atoms with E-state index in [4.69, 9.17) is 10.00 Å². The molecule has 1 aliphatic rings. The molecule has 17 heavy (non-hydrogen) atoms. The van der Waals surface area contributed by atoms with E-state index in [-0.39, 0.29) is 0 Å². The van der Waals surface area contributed by atoms with Crippen molar-refractivity contribution in [3.05, 3.63) is 29.3 Å². The minimum Gasteiger partial charge on any atom is -0.384 e. The third-order valence-corrected chi connectivity index (χ3v) is 3.38. The summed E-state index contributed by atoms with van der Waals surface area (Å²) in [7, 11) is 1.76. The average molecular weight is 230 g/mol. The highest BCUT2D eigenvalue weighted by Crippen LogP contribution is 2.25. The highest BCUT2D eigenvalue weighted by molar-refractivity contribution is 5.54. The second kappa shape index (κ2) is 5.20. The molecule has 3 nitrogen and oxygen atoms in total. The molecule has 0 bridgehead atoms.